The van der Waals surface area contributed by atoms with E-state index in [1.54, 1.807) is 29.9 Å². The Kier molecular flexibility index (Phi) is 3.72. The Morgan fingerprint density at radius 3 is 2.67 bits per heavy atom. The van der Waals surface area contributed by atoms with Crippen molar-refractivity contribution in [2.45, 2.75) is 6.92 Å². The van der Waals surface area contributed by atoms with Crippen LogP contribution in [-0.4, -0.2) is 35.1 Å². The molecule has 0 aliphatic carbocycles. The highest BCUT2D eigenvalue weighted by Gasteiger charge is 2.16. The van der Waals surface area contributed by atoms with Crippen molar-refractivity contribution in [1.29, 1.82) is 0 Å². The molecule has 7 nitrogen and oxygen atoms in total. The fraction of sp³-hybridized carbons (Fsp3) is 0.0455. The van der Waals surface area contributed by atoms with Crippen molar-refractivity contribution in [3.63, 3.8) is 0 Å². The summed E-state index contributed by atoms with van der Waals surface area (Å²) >= 11 is 1.74. The van der Waals surface area contributed by atoms with E-state index in [0.717, 1.165) is 55.3 Å². The summed E-state index contributed by atoms with van der Waals surface area (Å²) in [5.41, 5.74) is 6.77. The van der Waals surface area contributed by atoms with E-state index >= 15 is 0 Å². The molecule has 30 heavy (non-hydrogen) atoms. The highest BCUT2D eigenvalue weighted by Crippen LogP contribution is 2.35. The smallest absolute Gasteiger partial charge is 0.135 e. The number of pyridine rings is 2. The molecule has 0 radical (unpaired) electrons. The van der Waals surface area contributed by atoms with Crippen LogP contribution in [0.2, 0.25) is 0 Å². The van der Waals surface area contributed by atoms with Crippen molar-refractivity contribution in [3.8, 4) is 33.3 Å². The average Bonchev–Trinajstić information content (AvgIpc) is 3.51. The van der Waals surface area contributed by atoms with E-state index in [9.17, 15) is 0 Å². The molecule has 144 valence electrons. The van der Waals surface area contributed by atoms with Gasteiger partial charge < -0.3 is 4.98 Å². The Morgan fingerprint density at radius 1 is 0.867 bits per heavy atom. The minimum absolute atomic E-state index is 0.725. The van der Waals surface area contributed by atoms with Crippen LogP contribution in [0.25, 0.3) is 55.3 Å². The van der Waals surface area contributed by atoms with Crippen LogP contribution in [-0.2, 0) is 0 Å². The maximum absolute atomic E-state index is 4.81. The van der Waals surface area contributed by atoms with Crippen molar-refractivity contribution in [1.82, 2.24) is 35.1 Å². The SMILES string of the molecule is Cc1ccc(-c2nccc3[nH]c(-c4n[nH]c5ccc(-c6cnccn6)nc45)cc23)s1. The Morgan fingerprint density at radius 2 is 1.83 bits per heavy atom. The molecule has 8 heteroatoms. The van der Waals surface area contributed by atoms with Gasteiger partial charge in [-0.3, -0.25) is 20.1 Å². The first-order valence-electron chi connectivity index (χ1n) is 9.43. The minimum Gasteiger partial charge on any atom is -0.353 e. The first-order valence-corrected chi connectivity index (χ1v) is 10.2. The van der Waals surface area contributed by atoms with Gasteiger partial charge in [-0.15, -0.1) is 11.3 Å². The molecular formula is C22H15N7S. The van der Waals surface area contributed by atoms with Gasteiger partial charge in [0.2, 0.25) is 0 Å². The Hall–Kier alpha value is -3.91. The number of aromatic amines is 2. The molecule has 0 bridgehead atoms. The molecule has 6 rings (SSSR count). The highest BCUT2D eigenvalue weighted by atomic mass is 32.1. The van der Waals surface area contributed by atoms with Crippen LogP contribution in [0.4, 0.5) is 0 Å². The Balaban J connectivity index is 1.52. The van der Waals surface area contributed by atoms with Crippen LogP contribution in [0.15, 0.2) is 61.2 Å². The van der Waals surface area contributed by atoms with E-state index in [1.165, 1.54) is 4.88 Å². The second-order valence-electron chi connectivity index (χ2n) is 6.97. The standard InChI is InChI=1S/C22H15N7S/c1-12-2-5-19(30-12)20-13-10-17(26-14(13)6-7-25-20)22-21-16(28-29-22)4-3-15(27-21)18-11-23-8-9-24-18/h2-11,26H,1H3,(H,28,29). The van der Waals surface area contributed by atoms with E-state index in [1.807, 2.05) is 24.4 Å². The van der Waals surface area contributed by atoms with Crippen LogP contribution in [0.1, 0.15) is 4.88 Å². The summed E-state index contributed by atoms with van der Waals surface area (Å²) in [6.07, 6.45) is 6.85. The molecule has 0 amide bonds. The number of hydrogen-bond donors (Lipinski definition) is 2. The van der Waals surface area contributed by atoms with Gasteiger partial charge in [0.1, 0.15) is 16.9 Å². The second kappa shape index (κ2) is 6.57. The Bertz CT molecular complexity index is 1510. The fourth-order valence-corrected chi connectivity index (χ4v) is 4.48. The summed E-state index contributed by atoms with van der Waals surface area (Å²) in [5.74, 6) is 0. The van der Waals surface area contributed by atoms with Crippen LogP contribution in [0.3, 0.4) is 0 Å². The summed E-state index contributed by atoms with van der Waals surface area (Å²) in [6, 6.07) is 12.2. The van der Waals surface area contributed by atoms with Crippen molar-refractivity contribution in [2.75, 3.05) is 0 Å². The molecule has 0 aromatic carbocycles. The Labute approximate surface area is 174 Å². The third-order valence-electron chi connectivity index (χ3n) is 5.01. The molecule has 2 N–H and O–H groups in total. The van der Waals surface area contributed by atoms with Gasteiger partial charge in [0, 0.05) is 34.4 Å². The van der Waals surface area contributed by atoms with E-state index in [0.29, 0.717) is 0 Å². The predicted octanol–water partition coefficient (Wildman–Crippen LogP) is 5.00. The van der Waals surface area contributed by atoms with E-state index in [-0.39, 0.29) is 0 Å². The molecule has 6 aromatic heterocycles. The lowest BCUT2D eigenvalue weighted by molar-refractivity contribution is 1.12. The van der Waals surface area contributed by atoms with Gasteiger partial charge in [0.15, 0.2) is 0 Å². The van der Waals surface area contributed by atoms with Crippen LogP contribution >= 0.6 is 11.3 Å². The van der Waals surface area contributed by atoms with E-state index in [4.69, 9.17) is 4.98 Å². The number of hydrogen-bond acceptors (Lipinski definition) is 6. The average molecular weight is 409 g/mol. The molecular weight excluding hydrogens is 394 g/mol. The number of nitrogens with zero attached hydrogens (tertiary/aromatic N) is 5. The minimum atomic E-state index is 0.725. The summed E-state index contributed by atoms with van der Waals surface area (Å²) in [6.45, 7) is 2.10. The molecule has 0 fully saturated rings. The lowest BCUT2D eigenvalue weighted by Crippen LogP contribution is -1.89. The number of aromatic nitrogens is 7. The second-order valence-corrected chi connectivity index (χ2v) is 8.26. The van der Waals surface area contributed by atoms with Gasteiger partial charge in [0.05, 0.1) is 33.7 Å². The van der Waals surface area contributed by atoms with Crippen molar-refractivity contribution < 1.29 is 0 Å². The molecule has 0 saturated heterocycles. The van der Waals surface area contributed by atoms with Gasteiger partial charge >= 0.3 is 0 Å². The predicted molar refractivity (Wildman–Crippen MR) is 118 cm³/mol. The van der Waals surface area contributed by atoms with Crippen molar-refractivity contribution in [2.24, 2.45) is 0 Å². The van der Waals surface area contributed by atoms with Crippen LogP contribution in [0, 0.1) is 6.92 Å². The molecule has 0 aliphatic rings. The molecule has 0 atom stereocenters. The largest absolute Gasteiger partial charge is 0.353 e. The summed E-state index contributed by atoms with van der Waals surface area (Å²) in [4.78, 5) is 23.8. The van der Waals surface area contributed by atoms with E-state index < -0.39 is 0 Å². The van der Waals surface area contributed by atoms with Gasteiger partial charge in [-0.25, -0.2) is 4.98 Å². The quantitative estimate of drug-likeness (QED) is 0.429. The third-order valence-corrected chi connectivity index (χ3v) is 6.02. The number of rotatable bonds is 3. The topological polar surface area (TPSA) is 96.0 Å². The highest BCUT2D eigenvalue weighted by molar-refractivity contribution is 7.15. The van der Waals surface area contributed by atoms with Gasteiger partial charge in [-0.2, -0.15) is 5.10 Å². The zero-order chi connectivity index (χ0) is 20.1. The van der Waals surface area contributed by atoms with E-state index in [2.05, 4.69) is 55.3 Å². The number of H-pyrrole nitrogens is 2. The zero-order valence-corrected chi connectivity index (χ0v) is 16.7. The van der Waals surface area contributed by atoms with Gasteiger partial charge in [0.25, 0.3) is 0 Å². The fourth-order valence-electron chi connectivity index (χ4n) is 3.60. The summed E-state index contributed by atoms with van der Waals surface area (Å²) in [7, 11) is 0. The van der Waals surface area contributed by atoms with Gasteiger partial charge in [-0.1, -0.05) is 0 Å². The first kappa shape index (κ1) is 17.0. The maximum atomic E-state index is 4.81. The summed E-state index contributed by atoms with van der Waals surface area (Å²) < 4.78 is 0. The summed E-state index contributed by atoms with van der Waals surface area (Å²) in [5, 5.41) is 8.67. The zero-order valence-electron chi connectivity index (χ0n) is 15.9. The molecule has 0 aliphatic heterocycles. The van der Waals surface area contributed by atoms with Crippen molar-refractivity contribution in [3.05, 3.63) is 66.1 Å². The molecule has 0 spiro atoms. The third kappa shape index (κ3) is 2.69. The number of nitrogens with one attached hydrogen (secondary N) is 2. The van der Waals surface area contributed by atoms with Crippen LogP contribution in [0.5, 0.6) is 0 Å². The molecule has 6 heterocycles. The number of fused-ring (bicyclic) bond motifs is 2. The molecule has 0 saturated carbocycles. The first-order chi connectivity index (χ1) is 14.8. The van der Waals surface area contributed by atoms with Crippen LogP contribution < -0.4 is 0 Å². The number of aryl methyl sites for hydroxylation is 1. The lowest BCUT2D eigenvalue weighted by Gasteiger charge is -1.99. The monoisotopic (exact) mass is 409 g/mol. The molecule has 0 unspecified atom stereocenters. The normalized spacial score (nSPS) is 11.5. The molecule has 6 aromatic rings. The lowest BCUT2D eigenvalue weighted by atomic mass is 10.2. The number of thiophene rings is 1. The van der Waals surface area contributed by atoms with Gasteiger partial charge in [-0.05, 0) is 43.3 Å². The maximum Gasteiger partial charge on any atom is 0.135 e. The van der Waals surface area contributed by atoms with Crippen molar-refractivity contribution >= 4 is 33.3 Å².